The van der Waals surface area contributed by atoms with Crippen molar-refractivity contribution in [3.8, 4) is 0 Å². The average Bonchev–Trinajstić information content (AvgIpc) is 4.19. The molecule has 2 aliphatic carbocycles. The van der Waals surface area contributed by atoms with Crippen LogP contribution in [0.15, 0.2) is 35.2 Å². The minimum absolute atomic E-state index is 0.0141. The van der Waals surface area contributed by atoms with E-state index in [-0.39, 0.29) is 74.8 Å². The minimum atomic E-state index is -1.81. The topological polar surface area (TPSA) is 248 Å². The summed E-state index contributed by atoms with van der Waals surface area (Å²) in [4.78, 5) is 51.1. The summed E-state index contributed by atoms with van der Waals surface area (Å²) in [5, 5.41) is 56.7. The molecule has 0 spiro atoms. The molecule has 74 heavy (non-hydrogen) atoms. The van der Waals surface area contributed by atoms with Gasteiger partial charge in [0.1, 0.15) is 30.0 Å². The van der Waals surface area contributed by atoms with Gasteiger partial charge in [-0.05, 0) is 125 Å². The smallest absolute Gasteiger partial charge is 0.336 e. The summed E-state index contributed by atoms with van der Waals surface area (Å²) < 4.78 is 44.2. The molecule has 4 heterocycles. The zero-order valence-electron chi connectivity index (χ0n) is 46.0. The summed E-state index contributed by atoms with van der Waals surface area (Å²) in [5.41, 5.74) is 0.752. The van der Waals surface area contributed by atoms with Crippen molar-refractivity contribution in [1.82, 2.24) is 20.2 Å². The van der Waals surface area contributed by atoms with Crippen molar-refractivity contribution >= 4 is 17.9 Å². The number of carbonyl (C=O) groups excluding carboxylic acids is 2. The van der Waals surface area contributed by atoms with Gasteiger partial charge in [-0.1, -0.05) is 26.8 Å². The number of nitrogens with zero attached hydrogens (tertiary/aromatic N) is 3. The number of aliphatic hydroxyl groups is 4. The van der Waals surface area contributed by atoms with Crippen molar-refractivity contribution in [2.45, 2.75) is 223 Å². The van der Waals surface area contributed by atoms with Gasteiger partial charge in [0.15, 0.2) is 12.6 Å². The number of aliphatic carboxylic acids is 1. The Morgan fingerprint density at radius 2 is 1.66 bits per heavy atom. The van der Waals surface area contributed by atoms with Crippen LogP contribution in [-0.4, -0.2) is 202 Å². The van der Waals surface area contributed by atoms with Gasteiger partial charge in [-0.2, -0.15) is 0 Å². The number of carboxylic acid groups (broad SMARTS) is 1. The maximum absolute atomic E-state index is 14.4. The number of rotatable bonds is 17. The molecule has 4 aliphatic heterocycles. The van der Waals surface area contributed by atoms with Gasteiger partial charge >= 0.3 is 17.9 Å². The van der Waals surface area contributed by atoms with Crippen molar-refractivity contribution in [2.75, 3.05) is 47.5 Å². The van der Waals surface area contributed by atoms with Crippen LogP contribution >= 0.6 is 0 Å². The van der Waals surface area contributed by atoms with Gasteiger partial charge in [0.25, 0.3) is 0 Å². The molecule has 6 aliphatic rings. The van der Waals surface area contributed by atoms with Crippen LogP contribution in [0.3, 0.4) is 0 Å². The Morgan fingerprint density at radius 1 is 0.946 bits per heavy atom. The van der Waals surface area contributed by atoms with Gasteiger partial charge in [-0.25, -0.2) is 4.79 Å². The molecule has 1 saturated carbocycles. The molecule has 0 aromatic carbocycles. The van der Waals surface area contributed by atoms with Gasteiger partial charge in [-0.15, -0.1) is 0 Å². The Balaban J connectivity index is 1.06. The Labute approximate surface area is 438 Å². The van der Waals surface area contributed by atoms with Gasteiger partial charge in [0, 0.05) is 49.6 Å². The predicted octanol–water partition coefficient (Wildman–Crippen LogP) is 3.78. The normalized spacial score (nSPS) is 40.1. The van der Waals surface area contributed by atoms with E-state index in [0.29, 0.717) is 43.5 Å². The highest BCUT2D eigenvalue weighted by Gasteiger charge is 2.51. The zero-order chi connectivity index (χ0) is 54.4. The predicted molar refractivity (Wildman–Crippen MR) is 272 cm³/mol. The standard InChI is InChI=1S/C54H90N4O16/c1-13-43-54(9,66)49(61)34(6)57(12)28-30(2)27-53(8,65)50(74-46-26-38(56(10)11)24-31(3)69-46)32(4)48(33(5)52(64)72-43)73-45-19-18-42(35(7)70-45)71-44(59)20-21-67-22-23-68-55-36-14-17-41-39(25-36)47(60)40(51(62)63)29-58(41)37-15-16-37/h14,25,29-35,37-38,41-43,45-50,55,60-61,65-66H,13,15-24,26-28H2,1-12H3,(H,62,63)/t30-,31?,32+,33-,34?,35+,38?,41?,42-,43-,45+,46?,47?,48+,49?,50-,53-,54-/m1/s1. The van der Waals surface area contributed by atoms with Crippen LogP contribution in [0.2, 0.25) is 0 Å². The number of nitrogens with one attached hydrogen (secondary N) is 1. The summed E-state index contributed by atoms with van der Waals surface area (Å²) in [7, 11) is 5.91. The Morgan fingerprint density at radius 3 is 2.31 bits per heavy atom. The molecule has 0 radical (unpaired) electrons. The molecule has 422 valence electrons. The highest BCUT2D eigenvalue weighted by Crippen LogP contribution is 2.41. The number of allylic oxidation sites excluding steroid dienone is 1. The second-order valence-electron chi connectivity index (χ2n) is 22.8. The van der Waals surface area contributed by atoms with Gasteiger partial charge in [0.2, 0.25) is 0 Å². The molecule has 0 aromatic heterocycles. The third kappa shape index (κ3) is 15.1. The van der Waals surface area contributed by atoms with E-state index < -0.39 is 102 Å². The number of carbonyl (C=O) groups is 3. The molecule has 0 aromatic rings. The van der Waals surface area contributed by atoms with Gasteiger partial charge in [-0.3, -0.25) is 19.9 Å². The number of aliphatic hydroxyl groups excluding tert-OH is 2. The number of esters is 2. The van der Waals surface area contributed by atoms with E-state index in [4.69, 9.17) is 38.0 Å². The third-order valence-corrected chi connectivity index (χ3v) is 16.2. The van der Waals surface area contributed by atoms with Crippen LogP contribution in [0.1, 0.15) is 127 Å². The Kier molecular flexibility index (Phi) is 21.0. The summed E-state index contributed by atoms with van der Waals surface area (Å²) in [6, 6.07) is -0.196. The van der Waals surface area contributed by atoms with Crippen LogP contribution in [-0.2, 0) is 52.4 Å². The SMILES string of the molecule is CC[C@H]1OC(=O)[C@H](C)[C@@H](O[C@H]2CC[C@@H](OC(=O)CCOCCONC3=CCC4C(=C3)C(O)C(C(=O)O)=CN4C3CC3)[C@H](C)O2)[C@H](C)[C@@H](OC2CC(N(C)C)CC(C)O2)[C@](C)(O)C[C@@H](C)CN(C)C(C)C(O)[C@]1(C)O. The molecule has 7 unspecified atom stereocenters. The summed E-state index contributed by atoms with van der Waals surface area (Å²) >= 11 is 0. The van der Waals surface area contributed by atoms with E-state index >= 15 is 0 Å². The molecule has 6 N–H and O–H groups in total. The molecule has 4 fully saturated rings. The van der Waals surface area contributed by atoms with Gasteiger partial charge < -0.3 is 73.4 Å². The largest absolute Gasteiger partial charge is 0.478 e. The van der Waals surface area contributed by atoms with Crippen molar-refractivity contribution in [3.05, 3.63) is 35.2 Å². The van der Waals surface area contributed by atoms with Crippen molar-refractivity contribution in [2.24, 2.45) is 17.8 Å². The lowest BCUT2D eigenvalue weighted by Gasteiger charge is -2.46. The van der Waals surface area contributed by atoms with Gasteiger partial charge in [0.05, 0.1) is 79.5 Å². The number of ether oxygens (including phenoxy) is 7. The highest BCUT2D eigenvalue weighted by molar-refractivity contribution is 5.89. The third-order valence-electron chi connectivity index (χ3n) is 16.2. The lowest BCUT2D eigenvalue weighted by molar-refractivity contribution is -0.287. The first-order chi connectivity index (χ1) is 34.8. The molecule has 18 atom stereocenters. The lowest BCUT2D eigenvalue weighted by atomic mass is 9.77. The number of cyclic esters (lactones) is 1. The minimum Gasteiger partial charge on any atom is -0.478 e. The lowest BCUT2D eigenvalue weighted by Crippen LogP contribution is -2.59. The molecule has 0 bridgehead atoms. The van der Waals surface area contributed by atoms with Crippen molar-refractivity contribution in [1.29, 1.82) is 0 Å². The maximum Gasteiger partial charge on any atom is 0.336 e. The fourth-order valence-electron chi connectivity index (χ4n) is 11.7. The van der Waals surface area contributed by atoms with E-state index in [1.165, 1.54) is 6.92 Å². The number of hydrogen-bond acceptors (Lipinski definition) is 19. The van der Waals surface area contributed by atoms with E-state index in [1.54, 1.807) is 40.0 Å². The maximum atomic E-state index is 14.4. The van der Waals surface area contributed by atoms with Crippen molar-refractivity contribution < 1.29 is 77.9 Å². The summed E-state index contributed by atoms with van der Waals surface area (Å²) in [6.07, 6.45) is 2.19. The number of hydrogen-bond donors (Lipinski definition) is 6. The second kappa shape index (κ2) is 25.9. The molecule has 20 nitrogen and oxygen atoms in total. The summed E-state index contributed by atoms with van der Waals surface area (Å²) in [5.74, 6) is -4.02. The van der Waals surface area contributed by atoms with E-state index in [9.17, 15) is 39.9 Å². The average molecular weight is 1050 g/mol. The number of hydroxylamine groups is 1. The molecule has 20 heteroatoms. The quantitative estimate of drug-likeness (QED) is 0.0689. The zero-order valence-corrected chi connectivity index (χ0v) is 46.0. The highest BCUT2D eigenvalue weighted by atomic mass is 16.7. The monoisotopic (exact) mass is 1050 g/mol. The molecular formula is C54H90N4O16. The first-order valence-electron chi connectivity index (χ1n) is 27.1. The van der Waals surface area contributed by atoms with E-state index in [2.05, 4.69) is 10.4 Å². The fourth-order valence-corrected chi connectivity index (χ4v) is 11.7. The Bertz CT molecular complexity index is 1980. The molecular weight excluding hydrogens is 961 g/mol. The van der Waals surface area contributed by atoms with Crippen molar-refractivity contribution in [3.63, 3.8) is 0 Å². The first-order valence-corrected chi connectivity index (χ1v) is 27.1. The van der Waals surface area contributed by atoms with Crippen LogP contribution in [0.4, 0.5) is 0 Å². The van der Waals surface area contributed by atoms with Crippen LogP contribution in [0.25, 0.3) is 0 Å². The van der Waals surface area contributed by atoms with E-state index in [1.807, 2.05) is 64.7 Å². The molecule has 6 rings (SSSR count). The van der Waals surface area contributed by atoms with Crippen LogP contribution in [0, 0.1) is 17.8 Å². The summed E-state index contributed by atoms with van der Waals surface area (Å²) in [6.45, 7) is 17.1. The molecule has 3 saturated heterocycles. The number of fused-ring (bicyclic) bond motifs is 1. The number of carboxylic acids is 1. The second-order valence-corrected chi connectivity index (χ2v) is 22.8. The fraction of sp³-hybridized carbons (Fsp3) is 0.833. The molecule has 0 amide bonds. The van der Waals surface area contributed by atoms with Crippen LogP contribution in [0.5, 0.6) is 0 Å². The van der Waals surface area contributed by atoms with E-state index in [0.717, 1.165) is 19.3 Å². The first kappa shape index (κ1) is 60.0. The Hall–Kier alpha value is -3.25. The number of likely N-dealkylation sites (N-methyl/N-ethyl adjacent to an activating group) is 1. The van der Waals surface area contributed by atoms with Crippen LogP contribution < -0.4 is 5.48 Å².